The minimum absolute atomic E-state index is 0.0196. The number of nitrogens with zero attached hydrogens (tertiary/aromatic N) is 2. The van der Waals surface area contributed by atoms with E-state index in [0.717, 1.165) is 10.0 Å². The van der Waals surface area contributed by atoms with Gasteiger partial charge in [-0.05, 0) is 45.7 Å². The summed E-state index contributed by atoms with van der Waals surface area (Å²) in [6, 6.07) is 14.1. The first-order chi connectivity index (χ1) is 19.3. The maximum Gasteiger partial charge on any atom is 0.426 e. The number of methoxy groups -OCH3 is 1. The third-order valence-electron chi connectivity index (χ3n) is 5.36. The summed E-state index contributed by atoms with van der Waals surface area (Å²) in [7, 11) is 1.19. The number of hydrazine groups is 2. The van der Waals surface area contributed by atoms with Gasteiger partial charge >= 0.3 is 24.1 Å². The minimum Gasteiger partial charge on any atom is -0.467 e. The van der Waals surface area contributed by atoms with Crippen LogP contribution < -0.4 is 21.5 Å². The number of benzene rings is 2. The van der Waals surface area contributed by atoms with E-state index >= 15 is 0 Å². The number of nitrogens with one attached hydrogen (secondary N) is 4. The summed E-state index contributed by atoms with van der Waals surface area (Å²) in [6.07, 6.45) is -0.855. The van der Waals surface area contributed by atoms with E-state index in [0.29, 0.717) is 11.1 Å². The molecule has 0 bridgehead atoms. The molecular formula is C28H38N6O7. The van der Waals surface area contributed by atoms with Crippen LogP contribution in [0.15, 0.2) is 60.7 Å². The Kier molecular flexibility index (Phi) is 11.9. The first kappa shape index (κ1) is 32.4. The van der Waals surface area contributed by atoms with Crippen LogP contribution in [0, 0.1) is 0 Å². The standard InChI is InChI=1S/C28H38N6O7/c1-19(29-25(37)34(18-22-15-11-8-12-16-22)32-27(39)41-28(3,4)5)23(35)31-33(17-21-13-9-7-10-14-21)26(38)30-20(2)24(36)40-6/h7-16,19-20H,17-18H2,1-6H3,(H,29,37)(H,30,38)(H,31,35)(H,32,39)/t19-,20-/m0/s1. The van der Waals surface area contributed by atoms with Crippen LogP contribution in [0.3, 0.4) is 0 Å². The molecule has 0 aromatic heterocycles. The van der Waals surface area contributed by atoms with E-state index in [4.69, 9.17) is 4.74 Å². The fourth-order valence-corrected chi connectivity index (χ4v) is 3.32. The summed E-state index contributed by atoms with van der Waals surface area (Å²) in [5.41, 5.74) is 5.48. The summed E-state index contributed by atoms with van der Waals surface area (Å²) < 4.78 is 9.91. The molecule has 41 heavy (non-hydrogen) atoms. The Morgan fingerprint density at radius 3 is 1.61 bits per heavy atom. The van der Waals surface area contributed by atoms with Crippen LogP contribution in [0.5, 0.6) is 0 Å². The van der Waals surface area contributed by atoms with Crippen molar-refractivity contribution in [2.24, 2.45) is 0 Å². The molecule has 13 heteroatoms. The number of amides is 6. The lowest BCUT2D eigenvalue weighted by Crippen LogP contribution is -2.59. The lowest BCUT2D eigenvalue weighted by atomic mass is 10.2. The van der Waals surface area contributed by atoms with Crippen molar-refractivity contribution >= 4 is 30.0 Å². The quantitative estimate of drug-likeness (QED) is 0.281. The number of carbonyl (C=O) groups is 5. The molecule has 2 aromatic rings. The number of hydrogen-bond donors (Lipinski definition) is 4. The van der Waals surface area contributed by atoms with Gasteiger partial charge in [-0.2, -0.15) is 0 Å². The highest BCUT2D eigenvalue weighted by molar-refractivity contribution is 5.89. The monoisotopic (exact) mass is 570 g/mol. The van der Waals surface area contributed by atoms with Crippen LogP contribution >= 0.6 is 0 Å². The lowest BCUT2D eigenvalue weighted by molar-refractivity contribution is -0.142. The first-order valence-corrected chi connectivity index (χ1v) is 12.9. The van der Waals surface area contributed by atoms with Gasteiger partial charge in [0.1, 0.15) is 17.7 Å². The number of rotatable bonds is 8. The number of esters is 1. The molecule has 0 aliphatic carbocycles. The van der Waals surface area contributed by atoms with Crippen molar-refractivity contribution in [3.8, 4) is 0 Å². The Hall–Kier alpha value is -4.81. The molecule has 0 unspecified atom stereocenters. The molecular weight excluding hydrogens is 532 g/mol. The van der Waals surface area contributed by atoms with E-state index in [1.807, 2.05) is 6.07 Å². The molecule has 0 heterocycles. The van der Waals surface area contributed by atoms with Gasteiger partial charge in [0.15, 0.2) is 0 Å². The van der Waals surface area contributed by atoms with Gasteiger partial charge < -0.3 is 20.1 Å². The van der Waals surface area contributed by atoms with Crippen LogP contribution in [0.4, 0.5) is 14.4 Å². The molecule has 0 aliphatic rings. The zero-order valence-electron chi connectivity index (χ0n) is 24.1. The third kappa shape index (κ3) is 11.4. The second-order valence-electron chi connectivity index (χ2n) is 10.1. The van der Waals surface area contributed by atoms with Gasteiger partial charge in [0, 0.05) is 0 Å². The lowest BCUT2D eigenvalue weighted by Gasteiger charge is -2.29. The minimum atomic E-state index is -1.15. The summed E-state index contributed by atoms with van der Waals surface area (Å²) >= 11 is 0. The Balaban J connectivity index is 2.15. The van der Waals surface area contributed by atoms with Crippen LogP contribution in [0.25, 0.3) is 0 Å². The Morgan fingerprint density at radius 1 is 0.732 bits per heavy atom. The molecule has 2 atom stereocenters. The average molecular weight is 571 g/mol. The highest BCUT2D eigenvalue weighted by Gasteiger charge is 2.27. The molecule has 0 radical (unpaired) electrons. The smallest absolute Gasteiger partial charge is 0.426 e. The molecule has 13 nitrogen and oxygen atoms in total. The normalized spacial score (nSPS) is 12.1. The van der Waals surface area contributed by atoms with Gasteiger partial charge in [0.25, 0.3) is 5.91 Å². The van der Waals surface area contributed by atoms with Crippen molar-refractivity contribution in [1.29, 1.82) is 0 Å². The predicted molar refractivity (Wildman–Crippen MR) is 149 cm³/mol. The van der Waals surface area contributed by atoms with Gasteiger partial charge in [-0.25, -0.2) is 34.6 Å². The summed E-state index contributed by atoms with van der Waals surface area (Å²) in [6.45, 7) is 7.85. The van der Waals surface area contributed by atoms with E-state index in [1.54, 1.807) is 75.4 Å². The van der Waals surface area contributed by atoms with Crippen LogP contribution in [-0.4, -0.2) is 64.8 Å². The maximum atomic E-state index is 13.1. The molecule has 6 amide bonds. The number of ether oxygens (including phenoxy) is 2. The Morgan fingerprint density at radius 2 is 1.17 bits per heavy atom. The Bertz CT molecular complexity index is 1190. The Labute approximate surface area is 239 Å². The van der Waals surface area contributed by atoms with Crippen molar-refractivity contribution in [1.82, 2.24) is 31.5 Å². The van der Waals surface area contributed by atoms with Crippen molar-refractivity contribution < 1.29 is 33.4 Å². The van der Waals surface area contributed by atoms with Gasteiger partial charge in [0.2, 0.25) is 0 Å². The molecule has 2 rings (SSSR count). The molecule has 0 saturated carbocycles. The average Bonchev–Trinajstić information content (AvgIpc) is 2.91. The third-order valence-corrected chi connectivity index (χ3v) is 5.36. The highest BCUT2D eigenvalue weighted by Crippen LogP contribution is 2.09. The fraction of sp³-hybridized carbons (Fsp3) is 0.393. The maximum absolute atomic E-state index is 13.1. The second kappa shape index (κ2) is 15.1. The SMILES string of the molecule is COC(=O)[C@H](C)NC(=O)N(Cc1ccccc1)NC(=O)[C@H](C)NC(=O)N(Cc1ccccc1)NC(=O)OC(C)(C)C. The topological polar surface area (TPSA) is 158 Å². The molecule has 222 valence electrons. The van der Waals surface area contributed by atoms with Crippen LogP contribution in [0.1, 0.15) is 45.7 Å². The fourth-order valence-electron chi connectivity index (χ4n) is 3.32. The van der Waals surface area contributed by atoms with E-state index in [9.17, 15) is 24.0 Å². The van der Waals surface area contributed by atoms with Crippen LogP contribution in [0.2, 0.25) is 0 Å². The van der Waals surface area contributed by atoms with Gasteiger partial charge in [0.05, 0.1) is 20.2 Å². The van der Waals surface area contributed by atoms with Gasteiger partial charge in [-0.1, -0.05) is 60.7 Å². The second-order valence-corrected chi connectivity index (χ2v) is 10.1. The van der Waals surface area contributed by atoms with E-state index in [1.165, 1.54) is 21.0 Å². The highest BCUT2D eigenvalue weighted by atomic mass is 16.6. The summed E-state index contributed by atoms with van der Waals surface area (Å²) in [5.74, 6) is -1.40. The van der Waals surface area contributed by atoms with E-state index in [2.05, 4.69) is 26.2 Å². The molecule has 0 saturated heterocycles. The number of hydrogen-bond acceptors (Lipinski definition) is 7. The number of urea groups is 2. The number of carbonyl (C=O) groups excluding carboxylic acids is 5. The predicted octanol–water partition coefficient (Wildman–Crippen LogP) is 2.83. The zero-order valence-corrected chi connectivity index (χ0v) is 24.1. The molecule has 0 aliphatic heterocycles. The largest absolute Gasteiger partial charge is 0.467 e. The van der Waals surface area contributed by atoms with Crippen molar-refractivity contribution in [3.05, 3.63) is 71.8 Å². The summed E-state index contributed by atoms with van der Waals surface area (Å²) in [4.78, 5) is 63.4. The van der Waals surface area contributed by atoms with Gasteiger partial charge in [-0.15, -0.1) is 0 Å². The first-order valence-electron chi connectivity index (χ1n) is 12.9. The summed E-state index contributed by atoms with van der Waals surface area (Å²) in [5, 5.41) is 6.95. The van der Waals surface area contributed by atoms with Crippen molar-refractivity contribution in [3.63, 3.8) is 0 Å². The molecule has 4 N–H and O–H groups in total. The van der Waals surface area contributed by atoms with Crippen molar-refractivity contribution in [2.75, 3.05) is 7.11 Å². The van der Waals surface area contributed by atoms with E-state index in [-0.39, 0.29) is 13.1 Å². The molecule has 2 aromatic carbocycles. The van der Waals surface area contributed by atoms with Crippen molar-refractivity contribution in [2.45, 2.75) is 65.4 Å². The van der Waals surface area contributed by atoms with Crippen LogP contribution in [-0.2, 0) is 32.2 Å². The molecule has 0 spiro atoms. The zero-order chi connectivity index (χ0) is 30.6. The van der Waals surface area contributed by atoms with E-state index < -0.39 is 47.7 Å². The van der Waals surface area contributed by atoms with Gasteiger partial charge in [-0.3, -0.25) is 10.2 Å². The molecule has 0 fully saturated rings.